The molecule has 4 rings (SSSR count). The van der Waals surface area contributed by atoms with Gasteiger partial charge in [-0.2, -0.15) is 18.2 Å². The number of fused-ring (bicyclic) bond motifs is 1. The maximum atomic E-state index is 13.3. The minimum absolute atomic E-state index is 0.00761. The summed E-state index contributed by atoms with van der Waals surface area (Å²) in [4.78, 5) is 41.6. The van der Waals surface area contributed by atoms with Gasteiger partial charge in [-0.25, -0.2) is 9.59 Å². The van der Waals surface area contributed by atoms with Gasteiger partial charge in [-0.05, 0) is 48.9 Å². The summed E-state index contributed by atoms with van der Waals surface area (Å²) in [5.41, 5.74) is -1.63. The molecule has 0 saturated carbocycles. The SMILES string of the molecule is CCOC(=O)c1ccc(Oc2nc3c(c(=O)n(C)c(=O)n3C)n2Cc2cccc(C(F)(F)F)c2)cc1. The predicted octanol–water partition coefficient (Wildman–Crippen LogP) is 3.47. The molecule has 0 spiro atoms. The van der Waals surface area contributed by atoms with E-state index in [0.717, 1.165) is 21.3 Å². The first kappa shape index (κ1) is 24.8. The number of imidazole rings is 1. The summed E-state index contributed by atoms with van der Waals surface area (Å²) in [6, 6.07) is 10.4. The van der Waals surface area contributed by atoms with Gasteiger partial charge in [0.15, 0.2) is 11.2 Å². The number of nitrogens with zero attached hydrogens (tertiary/aromatic N) is 4. The molecule has 0 amide bonds. The minimum Gasteiger partial charge on any atom is -0.462 e. The molecule has 0 bridgehead atoms. The average Bonchev–Trinajstić information content (AvgIpc) is 3.19. The number of aromatic nitrogens is 4. The molecule has 0 aliphatic heterocycles. The molecule has 0 aliphatic rings. The van der Waals surface area contributed by atoms with E-state index < -0.39 is 29.0 Å². The van der Waals surface area contributed by atoms with Crippen LogP contribution >= 0.6 is 0 Å². The third kappa shape index (κ3) is 4.61. The van der Waals surface area contributed by atoms with E-state index in [-0.39, 0.29) is 47.2 Å². The molecule has 12 heteroatoms. The smallest absolute Gasteiger partial charge is 0.416 e. The minimum atomic E-state index is -4.55. The highest BCUT2D eigenvalue weighted by atomic mass is 19.4. The van der Waals surface area contributed by atoms with Crippen molar-refractivity contribution in [1.29, 1.82) is 0 Å². The van der Waals surface area contributed by atoms with Gasteiger partial charge < -0.3 is 9.47 Å². The zero-order valence-corrected chi connectivity index (χ0v) is 19.5. The van der Waals surface area contributed by atoms with E-state index in [1.54, 1.807) is 6.92 Å². The van der Waals surface area contributed by atoms with E-state index in [1.165, 1.54) is 55.1 Å². The lowest BCUT2D eigenvalue weighted by Gasteiger charge is -2.12. The fourth-order valence-corrected chi connectivity index (χ4v) is 3.66. The van der Waals surface area contributed by atoms with E-state index in [4.69, 9.17) is 9.47 Å². The zero-order valence-electron chi connectivity index (χ0n) is 19.5. The summed E-state index contributed by atoms with van der Waals surface area (Å²) in [5, 5.41) is 0. The molecule has 36 heavy (non-hydrogen) atoms. The molecule has 2 aromatic heterocycles. The molecular weight excluding hydrogens is 481 g/mol. The highest BCUT2D eigenvalue weighted by Gasteiger charge is 2.30. The molecule has 4 aromatic rings. The number of hydrogen-bond acceptors (Lipinski definition) is 6. The number of esters is 1. The second kappa shape index (κ2) is 9.36. The molecule has 0 fully saturated rings. The lowest BCUT2D eigenvalue weighted by atomic mass is 10.1. The Bertz CT molecular complexity index is 1570. The molecule has 188 valence electrons. The van der Waals surface area contributed by atoms with Crippen LogP contribution in [-0.2, 0) is 31.6 Å². The maximum Gasteiger partial charge on any atom is 0.416 e. The maximum absolute atomic E-state index is 13.3. The molecule has 0 saturated heterocycles. The van der Waals surface area contributed by atoms with Crippen LogP contribution in [0.25, 0.3) is 11.2 Å². The van der Waals surface area contributed by atoms with Gasteiger partial charge >= 0.3 is 23.8 Å². The first-order chi connectivity index (χ1) is 17.0. The molecular formula is C24H21F3N4O5. The van der Waals surface area contributed by atoms with Crippen molar-refractivity contribution >= 4 is 17.1 Å². The number of alkyl halides is 3. The Morgan fingerprint density at radius 3 is 2.36 bits per heavy atom. The molecule has 0 radical (unpaired) electrons. The summed E-state index contributed by atoms with van der Waals surface area (Å²) in [5.74, 6) is -0.273. The quantitative estimate of drug-likeness (QED) is 0.375. The third-order valence-electron chi connectivity index (χ3n) is 5.48. The van der Waals surface area contributed by atoms with Gasteiger partial charge in [0.2, 0.25) is 0 Å². The van der Waals surface area contributed by atoms with Crippen molar-refractivity contribution in [3.8, 4) is 11.8 Å². The van der Waals surface area contributed by atoms with E-state index in [9.17, 15) is 27.6 Å². The molecule has 0 aliphatic carbocycles. The Hall–Kier alpha value is -4.35. The van der Waals surface area contributed by atoms with Gasteiger partial charge in [-0.1, -0.05) is 12.1 Å². The van der Waals surface area contributed by atoms with Crippen LogP contribution in [0.4, 0.5) is 13.2 Å². The highest BCUT2D eigenvalue weighted by molar-refractivity contribution is 5.89. The summed E-state index contributed by atoms with van der Waals surface area (Å²) >= 11 is 0. The van der Waals surface area contributed by atoms with Gasteiger partial charge in [0.05, 0.1) is 24.3 Å². The average molecular weight is 502 g/mol. The van der Waals surface area contributed by atoms with Crippen molar-refractivity contribution in [3.05, 3.63) is 86.1 Å². The number of rotatable bonds is 6. The number of aryl methyl sites for hydroxylation is 1. The van der Waals surface area contributed by atoms with Crippen LogP contribution < -0.4 is 16.0 Å². The highest BCUT2D eigenvalue weighted by Crippen LogP contribution is 2.31. The first-order valence-electron chi connectivity index (χ1n) is 10.8. The second-order valence-electron chi connectivity index (χ2n) is 7.90. The number of carbonyl (C=O) groups excluding carboxylic acids is 1. The Balaban J connectivity index is 1.83. The first-order valence-corrected chi connectivity index (χ1v) is 10.8. The van der Waals surface area contributed by atoms with Gasteiger partial charge in [0, 0.05) is 14.1 Å². The fraction of sp³-hybridized carbons (Fsp3) is 0.250. The van der Waals surface area contributed by atoms with Crippen molar-refractivity contribution in [2.45, 2.75) is 19.6 Å². The van der Waals surface area contributed by atoms with Crippen molar-refractivity contribution in [3.63, 3.8) is 0 Å². The second-order valence-corrected chi connectivity index (χ2v) is 7.90. The van der Waals surface area contributed by atoms with Gasteiger partial charge in [0.25, 0.3) is 5.56 Å². The number of halogens is 3. The van der Waals surface area contributed by atoms with Gasteiger partial charge in [-0.15, -0.1) is 0 Å². The van der Waals surface area contributed by atoms with E-state index >= 15 is 0 Å². The Morgan fingerprint density at radius 2 is 1.72 bits per heavy atom. The van der Waals surface area contributed by atoms with Crippen molar-refractivity contribution < 1.29 is 27.4 Å². The van der Waals surface area contributed by atoms with Crippen LogP contribution in [-0.4, -0.2) is 31.3 Å². The molecule has 2 heterocycles. The van der Waals surface area contributed by atoms with Crippen molar-refractivity contribution in [2.24, 2.45) is 14.1 Å². The zero-order chi connectivity index (χ0) is 26.2. The van der Waals surface area contributed by atoms with Crippen LogP contribution in [0.2, 0.25) is 0 Å². The number of carbonyl (C=O) groups is 1. The van der Waals surface area contributed by atoms with Crippen LogP contribution in [0.5, 0.6) is 11.8 Å². The third-order valence-corrected chi connectivity index (χ3v) is 5.48. The van der Waals surface area contributed by atoms with E-state index in [1.807, 2.05) is 0 Å². The lowest BCUT2D eigenvalue weighted by molar-refractivity contribution is -0.137. The predicted molar refractivity (Wildman–Crippen MR) is 123 cm³/mol. The van der Waals surface area contributed by atoms with Gasteiger partial charge in [0.1, 0.15) is 5.75 Å². The summed E-state index contributed by atoms with van der Waals surface area (Å²) in [6.45, 7) is 1.70. The summed E-state index contributed by atoms with van der Waals surface area (Å²) in [6.07, 6.45) is -4.55. The number of ether oxygens (including phenoxy) is 2. The largest absolute Gasteiger partial charge is 0.462 e. The number of hydrogen-bond donors (Lipinski definition) is 0. The van der Waals surface area contributed by atoms with Crippen LogP contribution in [0.1, 0.15) is 28.4 Å². The van der Waals surface area contributed by atoms with Crippen molar-refractivity contribution in [2.75, 3.05) is 6.61 Å². The fourth-order valence-electron chi connectivity index (χ4n) is 3.66. The van der Waals surface area contributed by atoms with Crippen LogP contribution in [0.15, 0.2) is 58.1 Å². The Kier molecular flexibility index (Phi) is 6.44. The summed E-state index contributed by atoms with van der Waals surface area (Å²) in [7, 11) is 2.71. The van der Waals surface area contributed by atoms with Crippen molar-refractivity contribution in [1.82, 2.24) is 18.7 Å². The topological polar surface area (TPSA) is 97.4 Å². The van der Waals surface area contributed by atoms with E-state index in [2.05, 4.69) is 4.98 Å². The number of benzene rings is 2. The summed E-state index contributed by atoms with van der Waals surface area (Å²) < 4.78 is 53.9. The van der Waals surface area contributed by atoms with Gasteiger partial charge in [-0.3, -0.25) is 18.5 Å². The van der Waals surface area contributed by atoms with Crippen LogP contribution in [0, 0.1) is 0 Å². The molecule has 2 aromatic carbocycles. The molecule has 0 unspecified atom stereocenters. The Labute approximate surface area is 201 Å². The molecule has 0 N–H and O–H groups in total. The standard InChI is InChI=1S/C24H21F3N4O5/c1-4-35-21(33)15-8-10-17(11-9-15)36-22-28-19-18(20(32)30(3)23(34)29(19)2)31(22)13-14-6-5-7-16(12-14)24(25,26)27/h5-12H,4,13H2,1-3H3. The van der Waals surface area contributed by atoms with E-state index in [0.29, 0.717) is 0 Å². The normalized spacial score (nSPS) is 11.6. The monoisotopic (exact) mass is 502 g/mol. The lowest BCUT2D eigenvalue weighted by Crippen LogP contribution is -2.37. The molecule has 9 nitrogen and oxygen atoms in total. The van der Waals surface area contributed by atoms with Crippen LogP contribution in [0.3, 0.4) is 0 Å². The Morgan fingerprint density at radius 1 is 1.03 bits per heavy atom. The molecule has 0 atom stereocenters.